The Bertz CT molecular complexity index is 721. The zero-order valence-corrected chi connectivity index (χ0v) is 10.1. The van der Waals surface area contributed by atoms with E-state index in [4.69, 9.17) is 14.9 Å². The molecule has 0 aliphatic rings. The number of hydrogen-bond acceptors (Lipinski definition) is 3. The summed E-state index contributed by atoms with van der Waals surface area (Å²) >= 11 is 0. The van der Waals surface area contributed by atoms with Gasteiger partial charge in [0.25, 0.3) is 0 Å². The normalized spacial score (nSPS) is 10.8. The third kappa shape index (κ3) is 2.12. The second-order valence-corrected chi connectivity index (χ2v) is 4.20. The Balaban J connectivity index is 1.87. The molecular formula is C15H12FNO2. The van der Waals surface area contributed by atoms with E-state index in [9.17, 15) is 4.39 Å². The molecular weight excluding hydrogens is 245 g/mol. The van der Waals surface area contributed by atoms with Gasteiger partial charge < -0.3 is 14.9 Å². The number of rotatable bonds is 3. The lowest BCUT2D eigenvalue weighted by molar-refractivity contribution is 0.290. The van der Waals surface area contributed by atoms with Gasteiger partial charge in [-0.2, -0.15) is 0 Å². The molecule has 0 bridgehead atoms. The van der Waals surface area contributed by atoms with Crippen LogP contribution in [0.1, 0.15) is 5.56 Å². The van der Waals surface area contributed by atoms with Gasteiger partial charge in [-0.25, -0.2) is 4.39 Å². The summed E-state index contributed by atoms with van der Waals surface area (Å²) in [6, 6.07) is 11.8. The largest absolute Gasteiger partial charge is 0.486 e. The summed E-state index contributed by atoms with van der Waals surface area (Å²) in [4.78, 5) is 0. The second kappa shape index (κ2) is 4.65. The monoisotopic (exact) mass is 257 g/mol. The quantitative estimate of drug-likeness (QED) is 0.727. The second-order valence-electron chi connectivity index (χ2n) is 4.20. The third-order valence-electron chi connectivity index (χ3n) is 2.93. The molecule has 3 aromatic rings. The van der Waals surface area contributed by atoms with Crippen molar-refractivity contribution in [2.24, 2.45) is 0 Å². The molecule has 0 aliphatic heterocycles. The zero-order chi connectivity index (χ0) is 13.2. The van der Waals surface area contributed by atoms with E-state index in [2.05, 4.69) is 0 Å². The highest BCUT2D eigenvalue weighted by atomic mass is 19.1. The van der Waals surface area contributed by atoms with Crippen molar-refractivity contribution in [3.63, 3.8) is 0 Å². The molecule has 0 unspecified atom stereocenters. The number of para-hydroxylation sites is 2. The number of fused-ring (bicyclic) bond motifs is 1. The summed E-state index contributed by atoms with van der Waals surface area (Å²) in [6.45, 7) is 0.234. The van der Waals surface area contributed by atoms with Crippen LogP contribution in [0.5, 0.6) is 5.75 Å². The molecule has 0 atom stereocenters. The molecule has 0 radical (unpaired) electrons. The van der Waals surface area contributed by atoms with E-state index in [0.717, 1.165) is 10.9 Å². The fourth-order valence-electron chi connectivity index (χ4n) is 1.96. The lowest BCUT2D eigenvalue weighted by atomic mass is 10.1. The first-order valence-corrected chi connectivity index (χ1v) is 5.87. The zero-order valence-electron chi connectivity index (χ0n) is 10.1. The number of furan rings is 1. The molecule has 0 saturated heterocycles. The van der Waals surface area contributed by atoms with E-state index >= 15 is 0 Å². The van der Waals surface area contributed by atoms with E-state index in [1.54, 1.807) is 30.5 Å². The van der Waals surface area contributed by atoms with Gasteiger partial charge in [0.15, 0.2) is 17.1 Å². The average Bonchev–Trinajstić information content (AvgIpc) is 2.83. The predicted molar refractivity (Wildman–Crippen MR) is 71.4 cm³/mol. The van der Waals surface area contributed by atoms with Gasteiger partial charge in [-0.05, 0) is 18.2 Å². The van der Waals surface area contributed by atoms with Crippen LogP contribution < -0.4 is 10.5 Å². The summed E-state index contributed by atoms with van der Waals surface area (Å²) in [5.74, 6) is -0.157. The van der Waals surface area contributed by atoms with E-state index in [0.29, 0.717) is 11.3 Å². The first-order chi connectivity index (χ1) is 9.25. The fourth-order valence-corrected chi connectivity index (χ4v) is 1.96. The molecule has 0 spiro atoms. The van der Waals surface area contributed by atoms with Crippen LogP contribution in [0, 0.1) is 5.82 Å². The predicted octanol–water partition coefficient (Wildman–Crippen LogP) is 3.73. The minimum absolute atomic E-state index is 0.223. The lowest BCUT2D eigenvalue weighted by Gasteiger charge is -2.05. The van der Waals surface area contributed by atoms with Gasteiger partial charge in [-0.15, -0.1) is 0 Å². The van der Waals surface area contributed by atoms with Crippen molar-refractivity contribution < 1.29 is 13.5 Å². The Labute approximate surface area is 109 Å². The highest BCUT2D eigenvalue weighted by Gasteiger charge is 2.09. The van der Waals surface area contributed by atoms with Gasteiger partial charge in [-0.3, -0.25) is 0 Å². The maximum absolute atomic E-state index is 13.4. The van der Waals surface area contributed by atoms with Gasteiger partial charge in [0, 0.05) is 10.9 Å². The van der Waals surface area contributed by atoms with Crippen molar-refractivity contribution >= 4 is 16.7 Å². The average molecular weight is 257 g/mol. The van der Waals surface area contributed by atoms with Gasteiger partial charge >= 0.3 is 0 Å². The van der Waals surface area contributed by atoms with Crippen molar-refractivity contribution in [3.05, 3.63) is 60.1 Å². The number of nitrogens with two attached hydrogens (primary N) is 1. The fraction of sp³-hybridized carbons (Fsp3) is 0.0667. The number of halogens is 1. The van der Waals surface area contributed by atoms with Gasteiger partial charge in [-0.1, -0.05) is 24.3 Å². The Morgan fingerprint density at radius 2 is 1.95 bits per heavy atom. The summed E-state index contributed by atoms with van der Waals surface area (Å²) in [5.41, 5.74) is 7.86. The van der Waals surface area contributed by atoms with Crippen molar-refractivity contribution in [2.45, 2.75) is 6.61 Å². The van der Waals surface area contributed by atoms with Crippen LogP contribution in [-0.4, -0.2) is 0 Å². The molecule has 19 heavy (non-hydrogen) atoms. The minimum atomic E-state index is -0.380. The summed E-state index contributed by atoms with van der Waals surface area (Å²) in [7, 11) is 0. The van der Waals surface area contributed by atoms with Crippen LogP contribution in [0.4, 0.5) is 10.1 Å². The molecule has 3 rings (SSSR count). The summed E-state index contributed by atoms with van der Waals surface area (Å²) in [6.07, 6.45) is 1.59. The Morgan fingerprint density at radius 3 is 2.79 bits per heavy atom. The first-order valence-electron chi connectivity index (χ1n) is 5.87. The SMILES string of the molecule is Nc1cccc2c(COc3ccccc3F)coc12. The Kier molecular flexibility index (Phi) is 2.83. The highest BCUT2D eigenvalue weighted by Crippen LogP contribution is 2.27. The summed E-state index contributed by atoms with van der Waals surface area (Å²) in [5, 5.41) is 0.885. The Hall–Kier alpha value is -2.49. The number of hydrogen-bond donors (Lipinski definition) is 1. The molecule has 0 fully saturated rings. The number of nitrogen functional groups attached to an aromatic ring is 1. The van der Waals surface area contributed by atoms with Crippen LogP contribution >= 0.6 is 0 Å². The van der Waals surface area contributed by atoms with Crippen molar-refractivity contribution in [1.82, 2.24) is 0 Å². The van der Waals surface area contributed by atoms with Crippen LogP contribution in [0.3, 0.4) is 0 Å². The lowest BCUT2D eigenvalue weighted by Crippen LogP contribution is -1.96. The molecule has 96 valence electrons. The minimum Gasteiger partial charge on any atom is -0.486 e. The smallest absolute Gasteiger partial charge is 0.165 e. The maximum Gasteiger partial charge on any atom is 0.165 e. The molecule has 2 N–H and O–H groups in total. The number of anilines is 1. The van der Waals surface area contributed by atoms with E-state index in [-0.39, 0.29) is 18.2 Å². The third-order valence-corrected chi connectivity index (χ3v) is 2.93. The van der Waals surface area contributed by atoms with Crippen molar-refractivity contribution in [1.29, 1.82) is 0 Å². The van der Waals surface area contributed by atoms with Crippen LogP contribution in [-0.2, 0) is 6.61 Å². The molecule has 4 heteroatoms. The van der Waals surface area contributed by atoms with E-state index < -0.39 is 0 Å². The number of benzene rings is 2. The standard InChI is InChI=1S/C15H12FNO2/c16-12-5-1-2-7-14(12)18-8-10-9-19-15-11(10)4-3-6-13(15)17/h1-7,9H,8,17H2. The molecule has 0 saturated carbocycles. The van der Waals surface area contributed by atoms with E-state index in [1.165, 1.54) is 6.07 Å². The van der Waals surface area contributed by atoms with Gasteiger partial charge in [0.2, 0.25) is 0 Å². The van der Waals surface area contributed by atoms with Crippen molar-refractivity contribution in [2.75, 3.05) is 5.73 Å². The topological polar surface area (TPSA) is 48.4 Å². The van der Waals surface area contributed by atoms with Crippen LogP contribution in [0.25, 0.3) is 11.0 Å². The Morgan fingerprint density at radius 1 is 1.11 bits per heavy atom. The molecule has 3 nitrogen and oxygen atoms in total. The summed E-state index contributed by atoms with van der Waals surface area (Å²) < 4.78 is 24.3. The molecule has 1 aromatic heterocycles. The van der Waals surface area contributed by atoms with E-state index in [1.807, 2.05) is 12.1 Å². The van der Waals surface area contributed by atoms with Crippen molar-refractivity contribution in [3.8, 4) is 5.75 Å². The molecule has 1 heterocycles. The van der Waals surface area contributed by atoms with Crippen LogP contribution in [0.15, 0.2) is 53.1 Å². The van der Waals surface area contributed by atoms with Gasteiger partial charge in [0.05, 0.1) is 12.0 Å². The molecule has 2 aromatic carbocycles. The number of ether oxygens (including phenoxy) is 1. The van der Waals surface area contributed by atoms with Gasteiger partial charge in [0.1, 0.15) is 6.61 Å². The molecule has 0 amide bonds. The first kappa shape index (κ1) is 11.6. The van der Waals surface area contributed by atoms with Crippen LogP contribution in [0.2, 0.25) is 0 Å². The highest BCUT2D eigenvalue weighted by molar-refractivity contribution is 5.90. The maximum atomic E-state index is 13.4. The molecule has 0 aliphatic carbocycles.